The minimum Gasteiger partial charge on any atom is -0.494 e. The minimum absolute atomic E-state index is 0.0761. The van der Waals surface area contributed by atoms with Crippen molar-refractivity contribution in [2.75, 3.05) is 19.8 Å². The van der Waals surface area contributed by atoms with Crippen LogP contribution in [0, 0.1) is 5.41 Å². The third-order valence-corrected chi connectivity index (χ3v) is 4.74. The quantitative estimate of drug-likeness (QED) is 0.666. The van der Waals surface area contributed by atoms with E-state index in [1.807, 2.05) is 6.92 Å². The highest BCUT2D eigenvalue weighted by atomic mass is 32.2. The molecular weight excluding hydrogens is 346 g/mol. The Labute approximate surface area is 148 Å². The van der Waals surface area contributed by atoms with Crippen LogP contribution in [0.4, 0.5) is 0 Å². The van der Waals surface area contributed by atoms with Crippen LogP contribution < -0.4 is 9.46 Å². The Bertz CT molecular complexity index is 689. The van der Waals surface area contributed by atoms with E-state index in [9.17, 15) is 18.0 Å². The molecule has 1 aromatic carbocycles. The lowest BCUT2D eigenvalue weighted by Gasteiger charge is -2.16. The maximum absolute atomic E-state index is 12.1. The fraction of sp³-hybridized carbons (Fsp3) is 0.529. The molecule has 140 valence electrons. The average molecular weight is 371 g/mol. The zero-order chi connectivity index (χ0) is 19.1. The first-order valence-electron chi connectivity index (χ1n) is 7.97. The molecule has 0 aliphatic carbocycles. The summed E-state index contributed by atoms with van der Waals surface area (Å²) in [5.74, 6) is -0.253. The SMILES string of the molecule is CCOc1ccc(S(=O)(=O)NCCC(=O)OCC(=O)C(C)(C)C)cc1. The molecule has 8 heteroatoms. The molecule has 0 bridgehead atoms. The predicted octanol–water partition coefficient (Wildman–Crippen LogP) is 1.91. The molecule has 0 radical (unpaired) electrons. The van der Waals surface area contributed by atoms with Gasteiger partial charge in [-0.05, 0) is 31.2 Å². The van der Waals surface area contributed by atoms with E-state index >= 15 is 0 Å². The number of benzene rings is 1. The number of Topliss-reactive ketones (excluding diaryl/α,β-unsaturated/α-hetero) is 1. The van der Waals surface area contributed by atoms with Gasteiger partial charge in [-0.15, -0.1) is 0 Å². The lowest BCUT2D eigenvalue weighted by molar-refractivity contribution is -0.149. The number of ether oxygens (including phenoxy) is 2. The first-order valence-corrected chi connectivity index (χ1v) is 9.46. The summed E-state index contributed by atoms with van der Waals surface area (Å²) in [7, 11) is -3.72. The lowest BCUT2D eigenvalue weighted by atomic mass is 9.91. The van der Waals surface area contributed by atoms with Crippen molar-refractivity contribution < 1.29 is 27.5 Å². The lowest BCUT2D eigenvalue weighted by Crippen LogP contribution is -2.29. The Kier molecular flexibility index (Phi) is 7.57. The Morgan fingerprint density at radius 2 is 1.72 bits per heavy atom. The van der Waals surface area contributed by atoms with Crippen LogP contribution in [0.15, 0.2) is 29.2 Å². The number of esters is 1. The molecule has 0 saturated carbocycles. The second-order valence-electron chi connectivity index (χ2n) is 6.39. The molecule has 1 N–H and O–H groups in total. The molecule has 0 atom stereocenters. The van der Waals surface area contributed by atoms with Crippen molar-refractivity contribution in [2.24, 2.45) is 5.41 Å². The van der Waals surface area contributed by atoms with Gasteiger partial charge < -0.3 is 9.47 Å². The molecule has 1 aromatic rings. The van der Waals surface area contributed by atoms with Crippen LogP contribution in [0.5, 0.6) is 5.75 Å². The number of hydrogen-bond acceptors (Lipinski definition) is 6. The predicted molar refractivity (Wildman–Crippen MR) is 92.8 cm³/mol. The Morgan fingerprint density at radius 1 is 1.12 bits per heavy atom. The molecule has 1 rings (SSSR count). The summed E-state index contributed by atoms with van der Waals surface area (Å²) in [5.41, 5.74) is -0.588. The summed E-state index contributed by atoms with van der Waals surface area (Å²) in [6, 6.07) is 5.97. The number of sulfonamides is 1. The first kappa shape index (κ1) is 21.1. The molecule has 0 spiro atoms. The van der Waals surface area contributed by atoms with E-state index in [4.69, 9.17) is 9.47 Å². The number of ketones is 1. The van der Waals surface area contributed by atoms with Gasteiger partial charge >= 0.3 is 5.97 Å². The standard InChI is InChI=1S/C17H25NO6S/c1-5-23-13-6-8-14(9-7-13)25(21,22)18-11-10-16(20)24-12-15(19)17(2,3)4/h6-9,18H,5,10-12H2,1-4H3. The van der Waals surface area contributed by atoms with E-state index < -0.39 is 21.4 Å². The highest BCUT2D eigenvalue weighted by Gasteiger charge is 2.22. The molecule has 0 heterocycles. The molecule has 0 amide bonds. The summed E-state index contributed by atoms with van der Waals surface area (Å²) < 4.78 is 36.7. The van der Waals surface area contributed by atoms with E-state index in [2.05, 4.69) is 4.72 Å². The molecule has 0 aliphatic rings. The summed E-state index contributed by atoms with van der Waals surface area (Å²) in [4.78, 5) is 23.3. The summed E-state index contributed by atoms with van der Waals surface area (Å²) in [5, 5.41) is 0. The topological polar surface area (TPSA) is 98.8 Å². The average Bonchev–Trinajstić information content (AvgIpc) is 2.52. The molecule has 25 heavy (non-hydrogen) atoms. The second-order valence-corrected chi connectivity index (χ2v) is 8.15. The van der Waals surface area contributed by atoms with Gasteiger partial charge in [0.05, 0.1) is 17.9 Å². The minimum atomic E-state index is -3.72. The fourth-order valence-electron chi connectivity index (χ4n) is 1.69. The summed E-state index contributed by atoms with van der Waals surface area (Å²) >= 11 is 0. The maximum Gasteiger partial charge on any atom is 0.307 e. The molecule has 0 unspecified atom stereocenters. The zero-order valence-corrected chi connectivity index (χ0v) is 15.8. The molecular formula is C17H25NO6S. The van der Waals surface area contributed by atoms with Gasteiger partial charge in [0.1, 0.15) is 5.75 Å². The van der Waals surface area contributed by atoms with E-state index in [1.165, 1.54) is 12.1 Å². The maximum atomic E-state index is 12.1. The van der Waals surface area contributed by atoms with Crippen LogP contribution in [0.2, 0.25) is 0 Å². The highest BCUT2D eigenvalue weighted by molar-refractivity contribution is 7.89. The molecule has 0 fully saturated rings. The number of rotatable bonds is 9. The summed E-state index contributed by atoms with van der Waals surface area (Å²) in [6.07, 6.45) is -0.159. The van der Waals surface area contributed by atoms with E-state index in [0.29, 0.717) is 12.4 Å². The third kappa shape index (κ3) is 7.23. The van der Waals surface area contributed by atoms with Gasteiger partial charge in [-0.25, -0.2) is 13.1 Å². The normalized spacial score (nSPS) is 11.8. The van der Waals surface area contributed by atoms with E-state index in [-0.39, 0.29) is 30.3 Å². The van der Waals surface area contributed by atoms with Crippen molar-refractivity contribution in [3.05, 3.63) is 24.3 Å². The van der Waals surface area contributed by atoms with Gasteiger partial charge in [-0.3, -0.25) is 9.59 Å². The van der Waals surface area contributed by atoms with Gasteiger partial charge in [-0.1, -0.05) is 20.8 Å². The van der Waals surface area contributed by atoms with Gasteiger partial charge in [0.15, 0.2) is 12.4 Å². The van der Waals surface area contributed by atoms with Gasteiger partial charge in [0, 0.05) is 12.0 Å². The van der Waals surface area contributed by atoms with Crippen molar-refractivity contribution in [3.63, 3.8) is 0 Å². The van der Waals surface area contributed by atoms with Crippen molar-refractivity contribution >= 4 is 21.8 Å². The second kappa shape index (κ2) is 8.96. The van der Waals surface area contributed by atoms with Crippen molar-refractivity contribution in [3.8, 4) is 5.75 Å². The van der Waals surface area contributed by atoms with Gasteiger partial charge in [0.2, 0.25) is 10.0 Å². The van der Waals surface area contributed by atoms with Crippen molar-refractivity contribution in [1.29, 1.82) is 0 Å². The van der Waals surface area contributed by atoms with Crippen LogP contribution in [0.3, 0.4) is 0 Å². The Morgan fingerprint density at radius 3 is 2.24 bits per heavy atom. The van der Waals surface area contributed by atoms with Crippen LogP contribution in [0.25, 0.3) is 0 Å². The molecule has 0 saturated heterocycles. The molecule has 0 aromatic heterocycles. The van der Waals surface area contributed by atoms with Crippen LogP contribution in [-0.2, 0) is 24.3 Å². The number of hydrogen-bond donors (Lipinski definition) is 1. The molecule has 0 aliphatic heterocycles. The van der Waals surface area contributed by atoms with Crippen molar-refractivity contribution in [2.45, 2.75) is 39.0 Å². The van der Waals surface area contributed by atoms with Crippen LogP contribution >= 0.6 is 0 Å². The summed E-state index contributed by atoms with van der Waals surface area (Å²) in [6.45, 7) is 7.09. The Balaban J connectivity index is 2.46. The van der Waals surface area contributed by atoms with E-state index in [1.54, 1.807) is 32.9 Å². The smallest absolute Gasteiger partial charge is 0.307 e. The number of nitrogens with one attached hydrogen (secondary N) is 1. The zero-order valence-electron chi connectivity index (χ0n) is 15.0. The number of carbonyl (C=O) groups is 2. The Hall–Kier alpha value is -1.93. The first-order chi connectivity index (χ1) is 11.6. The fourth-order valence-corrected chi connectivity index (χ4v) is 2.72. The van der Waals surface area contributed by atoms with Gasteiger partial charge in [0.25, 0.3) is 0 Å². The molecule has 7 nitrogen and oxygen atoms in total. The van der Waals surface area contributed by atoms with E-state index in [0.717, 1.165) is 0 Å². The van der Waals surface area contributed by atoms with Crippen molar-refractivity contribution in [1.82, 2.24) is 4.72 Å². The third-order valence-electron chi connectivity index (χ3n) is 3.27. The monoisotopic (exact) mass is 371 g/mol. The van der Waals surface area contributed by atoms with Crippen LogP contribution in [-0.4, -0.2) is 39.9 Å². The largest absolute Gasteiger partial charge is 0.494 e. The van der Waals surface area contributed by atoms with Crippen LogP contribution in [0.1, 0.15) is 34.1 Å². The number of carbonyl (C=O) groups excluding carboxylic acids is 2. The van der Waals surface area contributed by atoms with Gasteiger partial charge in [-0.2, -0.15) is 0 Å². The highest BCUT2D eigenvalue weighted by Crippen LogP contribution is 2.16.